The van der Waals surface area contributed by atoms with Gasteiger partial charge in [-0.25, -0.2) is 4.68 Å². The van der Waals surface area contributed by atoms with Gasteiger partial charge in [-0.2, -0.15) is 5.10 Å². The van der Waals surface area contributed by atoms with Crippen molar-refractivity contribution in [3.05, 3.63) is 40.9 Å². The summed E-state index contributed by atoms with van der Waals surface area (Å²) in [5.74, 6) is 0. The smallest absolute Gasteiger partial charge is 0.0843 e. The number of nitrogens with zero attached hydrogens (tertiary/aromatic N) is 3. The summed E-state index contributed by atoms with van der Waals surface area (Å²) >= 11 is 3.37. The highest BCUT2D eigenvalue weighted by Gasteiger charge is 2.00. The van der Waals surface area contributed by atoms with Crippen LogP contribution in [0.1, 0.15) is 5.69 Å². The molecule has 0 bridgehead atoms. The van der Waals surface area contributed by atoms with Crippen molar-refractivity contribution < 1.29 is 0 Å². The van der Waals surface area contributed by atoms with Crippen molar-refractivity contribution in [2.45, 2.75) is 6.92 Å². The summed E-state index contributed by atoms with van der Waals surface area (Å²) in [6.45, 7) is 2.01. The van der Waals surface area contributed by atoms with E-state index in [1.54, 1.807) is 18.6 Å². The summed E-state index contributed by atoms with van der Waals surface area (Å²) in [5, 5.41) is 4.18. The Bertz CT molecular complexity index is 422. The van der Waals surface area contributed by atoms with E-state index in [0.29, 0.717) is 0 Å². The highest BCUT2D eigenvalue weighted by atomic mass is 79.9. The van der Waals surface area contributed by atoms with Crippen molar-refractivity contribution in [2.75, 3.05) is 0 Å². The summed E-state index contributed by atoms with van der Waals surface area (Å²) in [6, 6.07) is 3.94. The number of aromatic nitrogens is 3. The number of rotatable bonds is 1. The molecule has 0 aromatic carbocycles. The van der Waals surface area contributed by atoms with Gasteiger partial charge in [-0.05, 0) is 35.0 Å². The molecule has 2 aromatic rings. The van der Waals surface area contributed by atoms with Crippen LogP contribution in [0.25, 0.3) is 5.69 Å². The fourth-order valence-corrected chi connectivity index (χ4v) is 1.51. The quantitative estimate of drug-likeness (QED) is 0.763. The Morgan fingerprint density at radius 1 is 1.38 bits per heavy atom. The topological polar surface area (TPSA) is 30.7 Å². The maximum absolute atomic E-state index is 4.18. The average molecular weight is 238 g/mol. The average Bonchev–Trinajstić information content (AvgIpc) is 2.51. The SMILES string of the molecule is Cc1ccnn1-c1cncc(Br)c1. The fraction of sp³-hybridized carbons (Fsp3) is 0.111. The van der Waals surface area contributed by atoms with E-state index in [1.165, 1.54) is 0 Å². The summed E-state index contributed by atoms with van der Waals surface area (Å²) in [5.41, 5.74) is 2.07. The highest BCUT2D eigenvalue weighted by molar-refractivity contribution is 9.10. The molecular weight excluding hydrogens is 230 g/mol. The second-order valence-corrected chi connectivity index (χ2v) is 3.66. The number of halogens is 1. The fourth-order valence-electron chi connectivity index (χ4n) is 1.16. The predicted octanol–water partition coefficient (Wildman–Crippen LogP) is 2.34. The van der Waals surface area contributed by atoms with Crippen LogP contribution in [0.3, 0.4) is 0 Å². The molecule has 0 aliphatic heterocycles. The minimum Gasteiger partial charge on any atom is -0.261 e. The Morgan fingerprint density at radius 3 is 2.85 bits per heavy atom. The van der Waals surface area contributed by atoms with Crippen molar-refractivity contribution in [1.29, 1.82) is 0 Å². The zero-order valence-corrected chi connectivity index (χ0v) is 8.69. The third-order valence-corrected chi connectivity index (χ3v) is 2.20. The first-order valence-electron chi connectivity index (χ1n) is 3.89. The van der Waals surface area contributed by atoms with Crippen molar-refractivity contribution in [1.82, 2.24) is 14.8 Å². The van der Waals surface area contributed by atoms with Crippen molar-refractivity contribution in [3.8, 4) is 5.69 Å². The largest absolute Gasteiger partial charge is 0.261 e. The third kappa shape index (κ3) is 1.62. The van der Waals surface area contributed by atoms with Crippen LogP contribution in [-0.4, -0.2) is 14.8 Å². The van der Waals surface area contributed by atoms with Gasteiger partial charge < -0.3 is 0 Å². The van der Waals surface area contributed by atoms with Gasteiger partial charge in [0.1, 0.15) is 0 Å². The molecule has 4 heteroatoms. The molecule has 0 aliphatic carbocycles. The van der Waals surface area contributed by atoms with Crippen molar-refractivity contribution in [3.63, 3.8) is 0 Å². The first kappa shape index (κ1) is 8.44. The molecule has 0 saturated carbocycles. The molecule has 13 heavy (non-hydrogen) atoms. The predicted molar refractivity (Wildman–Crippen MR) is 53.8 cm³/mol. The van der Waals surface area contributed by atoms with Crippen LogP contribution in [-0.2, 0) is 0 Å². The van der Waals surface area contributed by atoms with Crippen LogP contribution >= 0.6 is 15.9 Å². The molecule has 0 fully saturated rings. The van der Waals surface area contributed by atoms with Gasteiger partial charge in [0, 0.05) is 22.6 Å². The molecule has 2 heterocycles. The van der Waals surface area contributed by atoms with E-state index in [-0.39, 0.29) is 0 Å². The standard InChI is InChI=1S/C9H8BrN3/c1-7-2-3-12-13(7)9-4-8(10)5-11-6-9/h2-6H,1H3. The molecule has 0 amide bonds. The van der Waals surface area contributed by atoms with Gasteiger partial charge in [0.2, 0.25) is 0 Å². The highest BCUT2D eigenvalue weighted by Crippen LogP contribution is 2.13. The second-order valence-electron chi connectivity index (χ2n) is 2.75. The number of hydrogen-bond acceptors (Lipinski definition) is 2. The van der Waals surface area contributed by atoms with Crippen LogP contribution < -0.4 is 0 Å². The van der Waals surface area contributed by atoms with Crippen LogP contribution in [0, 0.1) is 6.92 Å². The molecule has 3 nitrogen and oxygen atoms in total. The molecule has 66 valence electrons. The van der Waals surface area contributed by atoms with E-state index in [4.69, 9.17) is 0 Å². The molecule has 0 saturated heterocycles. The molecule has 0 radical (unpaired) electrons. The Morgan fingerprint density at radius 2 is 2.23 bits per heavy atom. The summed E-state index contributed by atoms with van der Waals surface area (Å²) in [6.07, 6.45) is 5.31. The Hall–Kier alpha value is -1.16. The van der Waals surface area contributed by atoms with Gasteiger partial charge in [0.15, 0.2) is 0 Å². The monoisotopic (exact) mass is 237 g/mol. The zero-order valence-electron chi connectivity index (χ0n) is 7.11. The van der Waals surface area contributed by atoms with E-state index < -0.39 is 0 Å². The maximum Gasteiger partial charge on any atom is 0.0843 e. The first-order chi connectivity index (χ1) is 6.27. The molecule has 0 spiro atoms. The minimum atomic E-state index is 0.958. The zero-order chi connectivity index (χ0) is 9.26. The van der Waals surface area contributed by atoms with Crippen LogP contribution in [0.4, 0.5) is 0 Å². The van der Waals surface area contributed by atoms with Crippen LogP contribution in [0.5, 0.6) is 0 Å². The van der Waals surface area contributed by atoms with E-state index in [2.05, 4.69) is 26.0 Å². The Labute approximate surface area is 84.5 Å². The van der Waals surface area contributed by atoms with Gasteiger partial charge in [-0.3, -0.25) is 4.98 Å². The number of pyridine rings is 1. The minimum absolute atomic E-state index is 0.958. The molecule has 0 unspecified atom stereocenters. The van der Waals surface area contributed by atoms with Crippen molar-refractivity contribution in [2.24, 2.45) is 0 Å². The second kappa shape index (κ2) is 3.30. The Kier molecular flexibility index (Phi) is 2.14. The summed E-state index contributed by atoms with van der Waals surface area (Å²) in [4.78, 5) is 4.07. The van der Waals surface area contributed by atoms with E-state index in [0.717, 1.165) is 15.9 Å². The lowest BCUT2D eigenvalue weighted by molar-refractivity contribution is 0.840. The van der Waals surface area contributed by atoms with E-state index in [1.807, 2.05) is 23.7 Å². The van der Waals surface area contributed by atoms with Gasteiger partial charge in [-0.1, -0.05) is 0 Å². The van der Waals surface area contributed by atoms with Crippen LogP contribution in [0.15, 0.2) is 35.2 Å². The molecule has 2 aromatic heterocycles. The van der Waals surface area contributed by atoms with Gasteiger partial charge >= 0.3 is 0 Å². The molecular formula is C9H8BrN3. The lowest BCUT2D eigenvalue weighted by atomic mass is 10.4. The molecule has 0 aliphatic rings. The summed E-state index contributed by atoms with van der Waals surface area (Å²) in [7, 11) is 0. The van der Waals surface area contributed by atoms with Crippen LogP contribution in [0.2, 0.25) is 0 Å². The Balaban J connectivity index is 2.53. The number of aryl methyl sites for hydroxylation is 1. The normalized spacial score (nSPS) is 10.3. The van der Waals surface area contributed by atoms with Gasteiger partial charge in [-0.15, -0.1) is 0 Å². The lowest BCUT2D eigenvalue weighted by Crippen LogP contribution is -1.98. The van der Waals surface area contributed by atoms with Gasteiger partial charge in [0.25, 0.3) is 0 Å². The van der Waals surface area contributed by atoms with Gasteiger partial charge in [0.05, 0.1) is 11.9 Å². The summed E-state index contributed by atoms with van der Waals surface area (Å²) < 4.78 is 2.80. The number of hydrogen-bond donors (Lipinski definition) is 0. The maximum atomic E-state index is 4.18. The molecule has 0 N–H and O–H groups in total. The van der Waals surface area contributed by atoms with E-state index in [9.17, 15) is 0 Å². The molecule has 2 rings (SSSR count). The molecule has 0 atom stereocenters. The third-order valence-electron chi connectivity index (χ3n) is 1.77. The first-order valence-corrected chi connectivity index (χ1v) is 4.68. The van der Waals surface area contributed by atoms with E-state index >= 15 is 0 Å². The van der Waals surface area contributed by atoms with Crippen molar-refractivity contribution >= 4 is 15.9 Å². The lowest BCUT2D eigenvalue weighted by Gasteiger charge is -2.02.